The predicted molar refractivity (Wildman–Crippen MR) is 110 cm³/mol. The molecule has 3 rings (SSSR count). The topological polar surface area (TPSA) is 12.9 Å². The SMILES string of the molecule is FC(F)(F)c1ccc(-c2c(Cl)ccc(Cl)c2Cl)c(-c2c(Cl)ccc(Cl)c2Cl)n1. The lowest BCUT2D eigenvalue weighted by Gasteiger charge is -2.17. The molecule has 0 saturated carbocycles. The zero-order valence-electron chi connectivity index (χ0n) is 13.3. The van der Waals surface area contributed by atoms with Crippen molar-refractivity contribution in [2.24, 2.45) is 0 Å². The molecule has 1 aromatic heterocycles. The maximum Gasteiger partial charge on any atom is 0.433 e. The molecule has 0 unspecified atom stereocenters. The molecule has 28 heavy (non-hydrogen) atoms. The lowest BCUT2D eigenvalue weighted by atomic mass is 9.98. The molecule has 1 heterocycles. The molecule has 0 radical (unpaired) electrons. The summed E-state index contributed by atoms with van der Waals surface area (Å²) in [6.45, 7) is 0. The minimum absolute atomic E-state index is 0.0176. The van der Waals surface area contributed by atoms with Crippen LogP contribution in [0.15, 0.2) is 36.4 Å². The van der Waals surface area contributed by atoms with Gasteiger partial charge in [-0.2, -0.15) is 13.2 Å². The van der Waals surface area contributed by atoms with Gasteiger partial charge in [0.1, 0.15) is 5.69 Å². The summed E-state index contributed by atoms with van der Waals surface area (Å²) in [5.41, 5.74) is -0.953. The van der Waals surface area contributed by atoms with Crippen LogP contribution in [0, 0.1) is 0 Å². The molecule has 0 amide bonds. The molecule has 3 aromatic rings. The van der Waals surface area contributed by atoms with Crippen LogP contribution in [-0.4, -0.2) is 4.98 Å². The molecule has 0 bridgehead atoms. The van der Waals surface area contributed by atoms with Crippen molar-refractivity contribution in [3.63, 3.8) is 0 Å². The van der Waals surface area contributed by atoms with Crippen molar-refractivity contribution in [2.45, 2.75) is 6.18 Å². The zero-order valence-corrected chi connectivity index (χ0v) is 17.8. The van der Waals surface area contributed by atoms with Crippen LogP contribution in [0.1, 0.15) is 5.69 Å². The van der Waals surface area contributed by atoms with Gasteiger partial charge >= 0.3 is 6.18 Å². The summed E-state index contributed by atoms with van der Waals surface area (Å²) in [6.07, 6.45) is -4.70. The van der Waals surface area contributed by atoms with Gasteiger partial charge in [-0.05, 0) is 36.4 Å². The van der Waals surface area contributed by atoms with Gasteiger partial charge in [0.25, 0.3) is 0 Å². The number of rotatable bonds is 2. The highest BCUT2D eigenvalue weighted by molar-refractivity contribution is 6.47. The van der Waals surface area contributed by atoms with E-state index < -0.39 is 11.9 Å². The maximum atomic E-state index is 13.3. The van der Waals surface area contributed by atoms with Gasteiger partial charge in [0.05, 0.1) is 35.8 Å². The van der Waals surface area contributed by atoms with Gasteiger partial charge in [0.2, 0.25) is 0 Å². The van der Waals surface area contributed by atoms with Crippen molar-refractivity contribution in [1.29, 1.82) is 0 Å². The van der Waals surface area contributed by atoms with E-state index in [2.05, 4.69) is 4.98 Å². The molecule has 0 N–H and O–H groups in total. The first-order chi connectivity index (χ1) is 13.0. The van der Waals surface area contributed by atoms with Gasteiger partial charge in [-0.25, -0.2) is 4.98 Å². The lowest BCUT2D eigenvalue weighted by molar-refractivity contribution is -0.141. The molecule has 0 saturated heterocycles. The third kappa shape index (κ3) is 4.04. The molecule has 1 nitrogen and oxygen atoms in total. The van der Waals surface area contributed by atoms with Crippen LogP contribution in [0.5, 0.6) is 0 Å². The Kier molecular flexibility index (Phi) is 6.31. The van der Waals surface area contributed by atoms with Crippen LogP contribution in [0.3, 0.4) is 0 Å². The number of pyridine rings is 1. The number of hydrogen-bond acceptors (Lipinski definition) is 1. The van der Waals surface area contributed by atoms with Crippen LogP contribution in [-0.2, 0) is 6.18 Å². The summed E-state index contributed by atoms with van der Waals surface area (Å²) in [7, 11) is 0. The summed E-state index contributed by atoms with van der Waals surface area (Å²) >= 11 is 37.1. The normalized spacial score (nSPS) is 11.8. The van der Waals surface area contributed by atoms with E-state index in [1.807, 2.05) is 0 Å². The van der Waals surface area contributed by atoms with E-state index in [0.717, 1.165) is 6.07 Å². The van der Waals surface area contributed by atoms with Crippen molar-refractivity contribution in [2.75, 3.05) is 0 Å². The fourth-order valence-electron chi connectivity index (χ4n) is 2.53. The molecule has 0 aliphatic carbocycles. The Labute approximate surface area is 187 Å². The average Bonchev–Trinajstić information content (AvgIpc) is 2.62. The van der Waals surface area contributed by atoms with E-state index in [-0.39, 0.29) is 52.5 Å². The second kappa shape index (κ2) is 8.10. The van der Waals surface area contributed by atoms with Crippen LogP contribution in [0.25, 0.3) is 22.4 Å². The fraction of sp³-hybridized carbons (Fsp3) is 0.0556. The molecular weight excluding hydrogens is 500 g/mol. The van der Waals surface area contributed by atoms with Crippen LogP contribution in [0.2, 0.25) is 30.1 Å². The Bertz CT molecular complexity index is 1080. The number of aromatic nitrogens is 1. The third-order valence-electron chi connectivity index (χ3n) is 3.78. The molecule has 10 heteroatoms. The smallest absolute Gasteiger partial charge is 0.243 e. The van der Waals surface area contributed by atoms with Gasteiger partial charge in [-0.15, -0.1) is 0 Å². The highest BCUT2D eigenvalue weighted by Crippen LogP contribution is 2.47. The average molecular weight is 506 g/mol. The van der Waals surface area contributed by atoms with Crippen molar-refractivity contribution in [1.82, 2.24) is 4.98 Å². The van der Waals surface area contributed by atoms with Crippen molar-refractivity contribution < 1.29 is 13.2 Å². The Balaban J connectivity index is 2.45. The standard InChI is InChI=1S/C18H6Cl6F3N/c19-8-2-4-10(21)15(23)13(8)7-1-6-12(18(25,26)27)28-17(7)14-9(20)3-5-11(22)16(14)24/h1-6H. The number of benzene rings is 2. The number of halogens is 9. The van der Waals surface area contributed by atoms with Crippen molar-refractivity contribution in [3.05, 3.63) is 72.2 Å². The summed E-state index contributed by atoms with van der Waals surface area (Å²) in [4.78, 5) is 3.75. The first-order valence-electron chi connectivity index (χ1n) is 7.38. The highest BCUT2D eigenvalue weighted by atomic mass is 35.5. The van der Waals surface area contributed by atoms with Crippen molar-refractivity contribution in [3.8, 4) is 22.4 Å². The second-order valence-corrected chi connectivity index (χ2v) is 7.91. The maximum absolute atomic E-state index is 13.3. The monoisotopic (exact) mass is 503 g/mol. The molecule has 0 aliphatic heterocycles. The number of alkyl halides is 3. The second-order valence-electron chi connectivity index (χ2n) is 5.53. The van der Waals surface area contributed by atoms with E-state index in [0.29, 0.717) is 0 Å². The van der Waals surface area contributed by atoms with Crippen LogP contribution in [0.4, 0.5) is 13.2 Å². The first kappa shape index (κ1) is 21.8. The molecule has 0 aliphatic rings. The number of nitrogens with zero attached hydrogens (tertiary/aromatic N) is 1. The van der Waals surface area contributed by atoms with E-state index in [1.54, 1.807) is 0 Å². The Morgan fingerprint density at radius 3 is 1.61 bits per heavy atom. The van der Waals surface area contributed by atoms with E-state index in [9.17, 15) is 13.2 Å². The molecule has 2 aromatic carbocycles. The van der Waals surface area contributed by atoms with Crippen LogP contribution >= 0.6 is 69.6 Å². The van der Waals surface area contributed by atoms with Gasteiger partial charge < -0.3 is 0 Å². The predicted octanol–water partition coefficient (Wildman–Crippen LogP) is 9.35. The van der Waals surface area contributed by atoms with Gasteiger partial charge in [0.15, 0.2) is 0 Å². The zero-order chi connectivity index (χ0) is 20.8. The summed E-state index contributed by atoms with van der Waals surface area (Å²) in [6, 6.07) is 7.74. The van der Waals surface area contributed by atoms with Gasteiger partial charge in [-0.1, -0.05) is 69.6 Å². The molecule has 0 spiro atoms. The van der Waals surface area contributed by atoms with E-state index in [1.165, 1.54) is 30.3 Å². The molecule has 0 fully saturated rings. The quantitative estimate of drug-likeness (QED) is 0.316. The molecule has 146 valence electrons. The number of hydrogen-bond donors (Lipinski definition) is 0. The van der Waals surface area contributed by atoms with Gasteiger partial charge in [-0.3, -0.25) is 0 Å². The lowest BCUT2D eigenvalue weighted by Crippen LogP contribution is -2.09. The van der Waals surface area contributed by atoms with Crippen LogP contribution < -0.4 is 0 Å². The summed E-state index contributed by atoms with van der Waals surface area (Å²) in [5, 5.41) is 0.454. The summed E-state index contributed by atoms with van der Waals surface area (Å²) in [5.74, 6) is 0. The van der Waals surface area contributed by atoms with E-state index in [4.69, 9.17) is 69.6 Å². The largest absolute Gasteiger partial charge is 0.433 e. The Hall–Kier alpha value is -0.880. The molecule has 0 atom stereocenters. The summed E-state index contributed by atoms with van der Waals surface area (Å²) < 4.78 is 39.9. The highest BCUT2D eigenvalue weighted by Gasteiger charge is 2.34. The fourth-order valence-corrected chi connectivity index (χ4v) is 3.97. The Morgan fingerprint density at radius 1 is 0.607 bits per heavy atom. The Morgan fingerprint density at radius 2 is 1.07 bits per heavy atom. The minimum Gasteiger partial charge on any atom is -0.243 e. The van der Waals surface area contributed by atoms with Crippen molar-refractivity contribution >= 4 is 69.6 Å². The minimum atomic E-state index is -4.70. The van der Waals surface area contributed by atoms with Gasteiger partial charge in [0, 0.05) is 16.7 Å². The third-order valence-corrected chi connectivity index (χ3v) is 6.02. The van der Waals surface area contributed by atoms with E-state index >= 15 is 0 Å². The first-order valence-corrected chi connectivity index (χ1v) is 9.65. The molecular formula is C18H6Cl6F3N.